The van der Waals surface area contributed by atoms with Crippen LogP contribution in [0, 0.1) is 6.92 Å². The van der Waals surface area contributed by atoms with Gasteiger partial charge in [0, 0.05) is 31.2 Å². The van der Waals surface area contributed by atoms with E-state index in [1.54, 1.807) is 13.1 Å². The van der Waals surface area contributed by atoms with Crippen LogP contribution in [0.5, 0.6) is 0 Å². The Morgan fingerprint density at radius 2 is 1.88 bits per heavy atom. The van der Waals surface area contributed by atoms with Crippen molar-refractivity contribution in [2.75, 3.05) is 7.11 Å². The summed E-state index contributed by atoms with van der Waals surface area (Å²) in [6.45, 7) is 4.14. The third-order valence-corrected chi connectivity index (χ3v) is 5.78. The predicted octanol–water partition coefficient (Wildman–Crippen LogP) is 2.46. The zero-order valence-corrected chi connectivity index (χ0v) is 14.9. The second-order valence-corrected chi connectivity index (χ2v) is 7.21. The van der Waals surface area contributed by atoms with Crippen LogP contribution < -0.4 is 0 Å². The molecule has 0 radical (unpaired) electrons. The molecule has 2 saturated heterocycles. The van der Waals surface area contributed by atoms with Gasteiger partial charge < -0.3 is 14.2 Å². The Kier molecular flexibility index (Phi) is 3.81. The summed E-state index contributed by atoms with van der Waals surface area (Å²) < 4.78 is 7.10. The first-order valence-corrected chi connectivity index (χ1v) is 8.89. The van der Waals surface area contributed by atoms with E-state index in [-0.39, 0.29) is 12.0 Å². The molecule has 4 rings (SSSR count). The third-order valence-electron chi connectivity index (χ3n) is 5.78. The Hall–Kier alpha value is -2.31. The monoisotopic (exact) mass is 344 g/mol. The standard InChI is InChI=1S/C18H24N4O3/c1-11-19-16-10-20(18(24)25-3)7-6-17(16)21(11)15-8-13-4-5-14(9-15)22(13)12(2)23/h6-7,13-15H,4-5,8-10H2,1-3H3/t13-,14+,15?. The molecule has 0 saturated carbocycles. The largest absolute Gasteiger partial charge is 0.452 e. The maximum Gasteiger partial charge on any atom is 0.413 e. The number of hydrogen-bond acceptors (Lipinski definition) is 4. The number of aromatic nitrogens is 2. The molecule has 25 heavy (non-hydrogen) atoms. The van der Waals surface area contributed by atoms with Crippen molar-refractivity contribution >= 4 is 18.1 Å². The van der Waals surface area contributed by atoms with Gasteiger partial charge in [-0.2, -0.15) is 0 Å². The fourth-order valence-corrected chi connectivity index (χ4v) is 4.86. The smallest absolute Gasteiger partial charge is 0.413 e. The Balaban J connectivity index is 1.61. The predicted molar refractivity (Wildman–Crippen MR) is 91.5 cm³/mol. The minimum Gasteiger partial charge on any atom is -0.452 e. The van der Waals surface area contributed by atoms with Crippen molar-refractivity contribution in [2.45, 2.75) is 64.2 Å². The molecular formula is C18H24N4O3. The Morgan fingerprint density at radius 3 is 2.48 bits per heavy atom. The molecule has 3 aliphatic rings. The quantitative estimate of drug-likeness (QED) is 0.785. The average Bonchev–Trinajstić information content (AvgIpc) is 3.06. The van der Waals surface area contributed by atoms with Crippen molar-refractivity contribution in [3.63, 3.8) is 0 Å². The number of aryl methyl sites for hydroxylation is 1. The van der Waals surface area contributed by atoms with E-state index in [0.29, 0.717) is 24.7 Å². The van der Waals surface area contributed by atoms with Crippen molar-refractivity contribution < 1.29 is 14.3 Å². The highest BCUT2D eigenvalue weighted by Gasteiger charge is 2.43. The molecule has 0 N–H and O–H groups in total. The number of methoxy groups -OCH3 is 1. The molecule has 0 aromatic carbocycles. The zero-order valence-electron chi connectivity index (χ0n) is 14.9. The fourth-order valence-electron chi connectivity index (χ4n) is 4.86. The van der Waals surface area contributed by atoms with Crippen molar-refractivity contribution in [2.24, 2.45) is 0 Å². The molecule has 0 aliphatic carbocycles. The molecule has 2 fully saturated rings. The number of nitrogens with zero attached hydrogens (tertiary/aromatic N) is 4. The van der Waals surface area contributed by atoms with Gasteiger partial charge >= 0.3 is 6.09 Å². The highest BCUT2D eigenvalue weighted by molar-refractivity contribution is 5.74. The number of amides is 2. The number of ether oxygens (including phenoxy) is 1. The number of imidazole rings is 1. The molecule has 0 spiro atoms. The van der Waals surface area contributed by atoms with Crippen LogP contribution in [0.25, 0.3) is 6.08 Å². The van der Waals surface area contributed by atoms with Gasteiger partial charge in [-0.05, 0) is 38.7 Å². The minimum absolute atomic E-state index is 0.198. The number of rotatable bonds is 1. The van der Waals surface area contributed by atoms with Crippen LogP contribution in [0.2, 0.25) is 0 Å². The number of carbonyl (C=O) groups excluding carboxylic acids is 2. The summed E-state index contributed by atoms with van der Waals surface area (Å²) >= 11 is 0. The van der Waals surface area contributed by atoms with E-state index in [4.69, 9.17) is 9.72 Å². The van der Waals surface area contributed by atoms with Crippen LogP contribution in [0.15, 0.2) is 6.20 Å². The van der Waals surface area contributed by atoms with Gasteiger partial charge in [-0.15, -0.1) is 0 Å². The van der Waals surface area contributed by atoms with Gasteiger partial charge in [0.1, 0.15) is 5.82 Å². The summed E-state index contributed by atoms with van der Waals surface area (Å²) in [4.78, 5) is 32.0. The Morgan fingerprint density at radius 1 is 1.20 bits per heavy atom. The summed E-state index contributed by atoms with van der Waals surface area (Å²) in [7, 11) is 1.38. The first-order valence-electron chi connectivity index (χ1n) is 8.89. The normalized spacial score (nSPS) is 27.4. The number of piperidine rings is 1. The first-order chi connectivity index (χ1) is 12.0. The third kappa shape index (κ3) is 2.53. The maximum atomic E-state index is 11.9. The molecule has 2 bridgehead atoms. The minimum atomic E-state index is -0.373. The molecule has 1 aromatic rings. The highest BCUT2D eigenvalue weighted by Crippen LogP contribution is 2.42. The molecule has 134 valence electrons. The summed E-state index contributed by atoms with van der Waals surface area (Å²) in [6, 6.07) is 1.05. The average molecular weight is 344 g/mol. The lowest BCUT2D eigenvalue weighted by Crippen LogP contribution is -2.46. The molecule has 2 amide bonds. The van der Waals surface area contributed by atoms with Crippen LogP contribution in [0.4, 0.5) is 4.79 Å². The van der Waals surface area contributed by atoms with Crippen molar-refractivity contribution in [1.82, 2.24) is 19.4 Å². The number of fused-ring (bicyclic) bond motifs is 3. The highest BCUT2D eigenvalue weighted by atomic mass is 16.5. The number of hydrogen-bond donors (Lipinski definition) is 0. The molecule has 7 heteroatoms. The maximum absolute atomic E-state index is 11.9. The number of carbonyl (C=O) groups is 2. The Bertz CT molecular complexity index is 740. The van der Waals surface area contributed by atoms with Gasteiger partial charge in [-0.1, -0.05) is 0 Å². The Labute approximate surface area is 147 Å². The van der Waals surface area contributed by atoms with E-state index in [2.05, 4.69) is 9.47 Å². The van der Waals surface area contributed by atoms with E-state index in [1.807, 2.05) is 13.0 Å². The van der Waals surface area contributed by atoms with E-state index in [0.717, 1.165) is 42.9 Å². The van der Waals surface area contributed by atoms with Gasteiger partial charge in [0.25, 0.3) is 0 Å². The lowest BCUT2D eigenvalue weighted by Gasteiger charge is -2.39. The van der Waals surface area contributed by atoms with E-state index in [1.165, 1.54) is 12.0 Å². The van der Waals surface area contributed by atoms with Crippen LogP contribution in [-0.2, 0) is 16.1 Å². The van der Waals surface area contributed by atoms with Crippen molar-refractivity contribution in [3.05, 3.63) is 23.4 Å². The summed E-state index contributed by atoms with van der Waals surface area (Å²) in [5.74, 6) is 1.17. The van der Waals surface area contributed by atoms with E-state index >= 15 is 0 Å². The lowest BCUT2D eigenvalue weighted by molar-refractivity contribution is -0.133. The van der Waals surface area contributed by atoms with Crippen LogP contribution in [0.1, 0.15) is 55.9 Å². The topological polar surface area (TPSA) is 67.7 Å². The van der Waals surface area contributed by atoms with Gasteiger partial charge in [0.15, 0.2) is 0 Å². The van der Waals surface area contributed by atoms with Crippen LogP contribution in [-0.4, -0.2) is 50.5 Å². The van der Waals surface area contributed by atoms with Crippen molar-refractivity contribution in [3.8, 4) is 0 Å². The van der Waals surface area contributed by atoms with E-state index in [9.17, 15) is 9.59 Å². The molecular weight excluding hydrogens is 320 g/mol. The fraction of sp³-hybridized carbons (Fsp3) is 0.611. The summed E-state index contributed by atoms with van der Waals surface area (Å²) in [5.41, 5.74) is 1.99. The molecule has 7 nitrogen and oxygen atoms in total. The summed E-state index contributed by atoms with van der Waals surface area (Å²) in [5, 5.41) is 0. The molecule has 1 aromatic heterocycles. The molecule has 3 atom stereocenters. The SMILES string of the molecule is COC(=O)N1C=Cc2c(nc(C)n2C2C[C@H]3CC[C@@H](C2)N3C(C)=O)C1. The van der Waals surface area contributed by atoms with Crippen LogP contribution >= 0.6 is 0 Å². The summed E-state index contributed by atoms with van der Waals surface area (Å²) in [6.07, 6.45) is 7.51. The van der Waals surface area contributed by atoms with Crippen molar-refractivity contribution in [1.29, 1.82) is 0 Å². The molecule has 3 aliphatic heterocycles. The van der Waals surface area contributed by atoms with Gasteiger partial charge in [-0.25, -0.2) is 9.78 Å². The van der Waals surface area contributed by atoms with Crippen LogP contribution in [0.3, 0.4) is 0 Å². The van der Waals surface area contributed by atoms with Gasteiger partial charge in [0.05, 0.1) is 25.0 Å². The second-order valence-electron chi connectivity index (χ2n) is 7.21. The molecule has 4 heterocycles. The lowest BCUT2D eigenvalue weighted by atomic mass is 9.96. The molecule has 1 unspecified atom stereocenters. The van der Waals surface area contributed by atoms with E-state index < -0.39 is 0 Å². The van der Waals surface area contributed by atoms with Gasteiger partial charge in [-0.3, -0.25) is 9.69 Å². The van der Waals surface area contributed by atoms with Gasteiger partial charge in [0.2, 0.25) is 5.91 Å². The zero-order chi connectivity index (χ0) is 17.7. The first kappa shape index (κ1) is 16.2. The second kappa shape index (κ2) is 5.89.